The van der Waals surface area contributed by atoms with Gasteiger partial charge in [-0.15, -0.1) is 11.3 Å². The molecule has 1 fully saturated rings. The Morgan fingerprint density at radius 2 is 2.30 bits per heavy atom. The van der Waals surface area contributed by atoms with Crippen molar-refractivity contribution in [1.82, 2.24) is 9.88 Å². The van der Waals surface area contributed by atoms with Crippen LogP contribution in [0.2, 0.25) is 0 Å². The zero-order valence-electron chi connectivity index (χ0n) is 16.6. The van der Waals surface area contributed by atoms with Gasteiger partial charge in [-0.3, -0.25) is 4.79 Å². The number of carbonyl (C=O) groups is 1. The van der Waals surface area contributed by atoms with E-state index in [1.807, 2.05) is 6.92 Å². The first kappa shape index (κ1) is 20.1. The second-order valence-electron chi connectivity index (χ2n) is 8.66. The summed E-state index contributed by atoms with van der Waals surface area (Å²) in [4.78, 5) is 20.2. The van der Waals surface area contributed by atoms with Crippen LogP contribution in [0.1, 0.15) is 56.5 Å². The molecule has 6 nitrogen and oxygen atoms in total. The van der Waals surface area contributed by atoms with Crippen molar-refractivity contribution in [3.8, 4) is 6.07 Å². The van der Waals surface area contributed by atoms with Gasteiger partial charge in [-0.1, -0.05) is 20.8 Å². The molecule has 27 heavy (non-hydrogen) atoms. The highest BCUT2D eigenvalue weighted by Gasteiger charge is 2.53. The van der Waals surface area contributed by atoms with Crippen LogP contribution in [-0.2, 0) is 11.2 Å². The number of fused-ring (bicyclic) bond motifs is 2. The monoisotopic (exact) mass is 390 g/mol. The maximum atomic E-state index is 12.8. The van der Waals surface area contributed by atoms with Crippen LogP contribution in [0.5, 0.6) is 0 Å². The van der Waals surface area contributed by atoms with Gasteiger partial charge in [0.1, 0.15) is 0 Å². The number of nitriles is 1. The molecule has 3 N–H and O–H groups in total. The molecule has 3 rings (SSSR count). The molecule has 0 unspecified atom stereocenters. The summed E-state index contributed by atoms with van der Waals surface area (Å²) in [5.41, 5.74) is 6.99. The highest BCUT2D eigenvalue weighted by molar-refractivity contribution is 7.15. The molecule has 2 aliphatic carbocycles. The number of anilines is 1. The number of aliphatic hydroxyl groups is 1. The van der Waals surface area contributed by atoms with Crippen molar-refractivity contribution in [3.05, 3.63) is 10.6 Å². The van der Waals surface area contributed by atoms with Gasteiger partial charge in [0.05, 0.1) is 24.3 Å². The van der Waals surface area contributed by atoms with Gasteiger partial charge in [-0.2, -0.15) is 5.26 Å². The Morgan fingerprint density at radius 1 is 1.59 bits per heavy atom. The summed E-state index contributed by atoms with van der Waals surface area (Å²) in [6, 6.07) is 2.08. The number of hydrogen-bond donors (Lipinski definition) is 2. The molecule has 1 aromatic heterocycles. The van der Waals surface area contributed by atoms with Gasteiger partial charge in [0, 0.05) is 30.3 Å². The van der Waals surface area contributed by atoms with Crippen molar-refractivity contribution in [2.24, 2.45) is 23.2 Å². The van der Waals surface area contributed by atoms with Gasteiger partial charge in [-0.05, 0) is 36.5 Å². The minimum atomic E-state index is -0.543. The molecule has 0 radical (unpaired) electrons. The molecule has 0 aliphatic heterocycles. The summed E-state index contributed by atoms with van der Waals surface area (Å²) < 4.78 is 0. The first-order valence-electron chi connectivity index (χ1n) is 9.74. The largest absolute Gasteiger partial charge is 0.392 e. The van der Waals surface area contributed by atoms with Crippen LogP contribution in [0.4, 0.5) is 5.13 Å². The number of nitrogens with two attached hydrogens (primary N) is 1. The third-order valence-electron chi connectivity index (χ3n) is 6.91. The Bertz CT molecular complexity index is 758. The lowest BCUT2D eigenvalue weighted by Crippen LogP contribution is -2.53. The lowest BCUT2D eigenvalue weighted by molar-refractivity contribution is -0.143. The molecular weight excluding hydrogens is 360 g/mol. The summed E-state index contributed by atoms with van der Waals surface area (Å²) in [7, 11) is 1.74. The van der Waals surface area contributed by atoms with E-state index in [2.05, 4.69) is 24.9 Å². The van der Waals surface area contributed by atoms with Gasteiger partial charge in [0.15, 0.2) is 5.13 Å². The molecule has 0 aromatic carbocycles. The fourth-order valence-corrected chi connectivity index (χ4v) is 6.56. The first-order valence-corrected chi connectivity index (χ1v) is 10.6. The number of thiazole rings is 1. The predicted molar refractivity (Wildman–Crippen MR) is 106 cm³/mol. The Balaban J connectivity index is 1.81. The highest BCUT2D eigenvalue weighted by atomic mass is 32.1. The summed E-state index contributed by atoms with van der Waals surface area (Å²) >= 11 is 1.57. The maximum Gasteiger partial charge on any atom is 0.225 e. The molecule has 1 saturated carbocycles. The average Bonchev–Trinajstić information content (AvgIpc) is 2.98. The number of amides is 1. The molecule has 0 saturated heterocycles. The van der Waals surface area contributed by atoms with Crippen LogP contribution in [0.15, 0.2) is 0 Å². The second kappa shape index (κ2) is 7.40. The van der Waals surface area contributed by atoms with Gasteiger partial charge in [0.2, 0.25) is 5.91 Å². The van der Waals surface area contributed by atoms with E-state index >= 15 is 0 Å². The van der Waals surface area contributed by atoms with E-state index in [4.69, 9.17) is 11.0 Å². The van der Waals surface area contributed by atoms with E-state index in [-0.39, 0.29) is 35.0 Å². The van der Waals surface area contributed by atoms with E-state index in [1.54, 1.807) is 23.3 Å². The van der Waals surface area contributed by atoms with Crippen LogP contribution in [0.3, 0.4) is 0 Å². The van der Waals surface area contributed by atoms with Crippen molar-refractivity contribution in [3.63, 3.8) is 0 Å². The van der Waals surface area contributed by atoms with Crippen LogP contribution in [-0.4, -0.2) is 40.6 Å². The number of carbonyl (C=O) groups excluding carboxylic acids is 1. The predicted octanol–water partition coefficient (Wildman–Crippen LogP) is 2.79. The summed E-state index contributed by atoms with van der Waals surface area (Å²) in [6.45, 7) is 6.75. The fourth-order valence-electron chi connectivity index (χ4n) is 5.42. The Kier molecular flexibility index (Phi) is 5.51. The molecule has 1 amide bonds. The first-order chi connectivity index (χ1) is 12.7. The topological polar surface area (TPSA) is 103 Å². The van der Waals surface area contributed by atoms with Gasteiger partial charge in [0.25, 0.3) is 0 Å². The lowest BCUT2D eigenvalue weighted by Gasteiger charge is -2.53. The summed E-state index contributed by atoms with van der Waals surface area (Å²) in [5, 5.41) is 20.7. The minimum Gasteiger partial charge on any atom is -0.392 e. The molecule has 1 heterocycles. The number of nitrogens with zero attached hydrogens (tertiary/aromatic N) is 3. The number of aromatic nitrogens is 1. The lowest BCUT2D eigenvalue weighted by atomic mass is 9.53. The van der Waals surface area contributed by atoms with Crippen LogP contribution in [0.25, 0.3) is 0 Å². The van der Waals surface area contributed by atoms with Crippen molar-refractivity contribution in [1.29, 1.82) is 5.26 Å². The van der Waals surface area contributed by atoms with Crippen molar-refractivity contribution in [2.75, 3.05) is 19.3 Å². The standard InChI is InChI=1S/C20H30N4O2S/c1-11(18(26)24(4)9-5-8-21)13-6-7-20(3)10-14-16(23-19(22)27-14)12(2)15(20)17(13)25/h11-13,15,17,25H,5-7,9-10H2,1-4H3,(H2,22,23)/t11-,12-,13+,15+,17-,20-/m0/s1. The van der Waals surface area contributed by atoms with E-state index in [9.17, 15) is 9.90 Å². The highest BCUT2D eigenvalue weighted by Crippen LogP contribution is 2.57. The molecule has 2 aliphatic rings. The van der Waals surface area contributed by atoms with Crippen LogP contribution >= 0.6 is 11.3 Å². The van der Waals surface area contributed by atoms with E-state index in [0.717, 1.165) is 25.0 Å². The number of aliphatic hydroxyl groups excluding tert-OH is 1. The number of nitrogen functional groups attached to an aromatic ring is 1. The Morgan fingerprint density at radius 3 is 2.96 bits per heavy atom. The van der Waals surface area contributed by atoms with E-state index in [1.165, 1.54) is 4.88 Å². The van der Waals surface area contributed by atoms with E-state index in [0.29, 0.717) is 18.1 Å². The van der Waals surface area contributed by atoms with Crippen molar-refractivity contribution >= 4 is 22.4 Å². The smallest absolute Gasteiger partial charge is 0.225 e. The van der Waals surface area contributed by atoms with Crippen LogP contribution < -0.4 is 5.73 Å². The van der Waals surface area contributed by atoms with Gasteiger partial charge < -0.3 is 15.7 Å². The third kappa shape index (κ3) is 3.45. The molecule has 1 aromatic rings. The second-order valence-corrected chi connectivity index (χ2v) is 9.77. The van der Waals surface area contributed by atoms with Crippen molar-refractivity contribution in [2.45, 2.75) is 58.5 Å². The molecule has 148 valence electrons. The molecule has 6 atom stereocenters. The molecular formula is C20H30N4O2S. The molecule has 0 bridgehead atoms. The Hall–Kier alpha value is -1.65. The quantitative estimate of drug-likeness (QED) is 0.823. The SMILES string of the molecule is C[C@H](C(=O)N(C)CCC#N)[C@H]1CC[C@@]2(C)Cc3sc(N)nc3[C@@H](C)[C@@H]2[C@H]1O. The maximum absolute atomic E-state index is 12.8. The summed E-state index contributed by atoms with van der Waals surface area (Å²) in [5.74, 6) is -0.115. The number of rotatable bonds is 4. The third-order valence-corrected chi connectivity index (χ3v) is 7.81. The van der Waals surface area contributed by atoms with Crippen LogP contribution in [0, 0.1) is 34.5 Å². The van der Waals surface area contributed by atoms with Gasteiger partial charge >= 0.3 is 0 Å². The van der Waals surface area contributed by atoms with Gasteiger partial charge in [-0.25, -0.2) is 4.98 Å². The summed E-state index contributed by atoms with van der Waals surface area (Å²) in [6.07, 6.45) is 2.51. The fraction of sp³-hybridized carbons (Fsp3) is 0.750. The normalized spacial score (nSPS) is 33.5. The zero-order valence-corrected chi connectivity index (χ0v) is 17.4. The average molecular weight is 391 g/mol. The molecule has 7 heteroatoms. The van der Waals surface area contributed by atoms with Crippen molar-refractivity contribution < 1.29 is 9.90 Å². The zero-order chi connectivity index (χ0) is 19.9. The molecule has 0 spiro atoms. The Labute approximate surface area is 165 Å². The van der Waals surface area contributed by atoms with E-state index < -0.39 is 6.10 Å². The number of hydrogen-bond acceptors (Lipinski definition) is 6. The minimum absolute atomic E-state index is 0.0107.